The van der Waals surface area contributed by atoms with Gasteiger partial charge in [0.15, 0.2) is 6.29 Å². The number of carbonyl (C=O) groups excluding carboxylic acids is 2. The Morgan fingerprint density at radius 3 is 3.07 bits per heavy atom. The Balaban J connectivity index is 2.20. The van der Waals surface area contributed by atoms with E-state index in [-0.39, 0.29) is 12.5 Å². The molecule has 4 heteroatoms. The second-order valence-electron chi connectivity index (χ2n) is 3.34. The highest BCUT2D eigenvalue weighted by Gasteiger charge is 2.14. The summed E-state index contributed by atoms with van der Waals surface area (Å²) in [7, 11) is 0. The fraction of sp³-hybridized carbons (Fsp3) is 0.273. The molecule has 1 aliphatic heterocycles. The SMILES string of the molecule is O=CCOc1ccc2c(c1)NC(=O)CC2. The molecule has 1 N–H and O–H groups in total. The van der Waals surface area contributed by atoms with Gasteiger partial charge in [0.2, 0.25) is 5.91 Å². The van der Waals surface area contributed by atoms with Crippen molar-refractivity contribution in [1.82, 2.24) is 0 Å². The van der Waals surface area contributed by atoms with Crippen molar-refractivity contribution in [2.75, 3.05) is 11.9 Å². The Kier molecular flexibility index (Phi) is 2.67. The normalized spacial score (nSPS) is 14.0. The van der Waals surface area contributed by atoms with E-state index < -0.39 is 0 Å². The number of carbonyl (C=O) groups is 2. The van der Waals surface area contributed by atoms with Gasteiger partial charge in [-0.3, -0.25) is 9.59 Å². The van der Waals surface area contributed by atoms with Crippen LogP contribution in [0.4, 0.5) is 5.69 Å². The van der Waals surface area contributed by atoms with Crippen molar-refractivity contribution >= 4 is 17.9 Å². The van der Waals surface area contributed by atoms with E-state index in [2.05, 4.69) is 5.32 Å². The number of aryl methyl sites for hydroxylation is 1. The van der Waals surface area contributed by atoms with Gasteiger partial charge in [-0.2, -0.15) is 0 Å². The Hall–Kier alpha value is -1.84. The number of hydrogen-bond acceptors (Lipinski definition) is 3. The lowest BCUT2D eigenvalue weighted by Gasteiger charge is -2.17. The zero-order chi connectivity index (χ0) is 10.7. The van der Waals surface area contributed by atoms with Gasteiger partial charge in [0, 0.05) is 18.2 Å². The van der Waals surface area contributed by atoms with Crippen LogP contribution in [0.2, 0.25) is 0 Å². The van der Waals surface area contributed by atoms with Crippen molar-refractivity contribution in [2.24, 2.45) is 0 Å². The van der Waals surface area contributed by atoms with E-state index in [9.17, 15) is 9.59 Å². The lowest BCUT2D eigenvalue weighted by molar-refractivity contribution is -0.116. The minimum Gasteiger partial charge on any atom is -0.486 e. The maximum atomic E-state index is 11.1. The number of fused-ring (bicyclic) bond motifs is 1. The second-order valence-corrected chi connectivity index (χ2v) is 3.34. The third-order valence-electron chi connectivity index (χ3n) is 2.29. The third kappa shape index (κ3) is 2.15. The molecule has 0 aromatic heterocycles. The summed E-state index contributed by atoms with van der Waals surface area (Å²) in [5, 5.41) is 2.77. The molecule has 4 nitrogen and oxygen atoms in total. The molecular weight excluding hydrogens is 194 g/mol. The summed E-state index contributed by atoms with van der Waals surface area (Å²) in [6.45, 7) is 0.0345. The van der Waals surface area contributed by atoms with Crippen LogP contribution in [0.1, 0.15) is 12.0 Å². The molecule has 0 radical (unpaired) electrons. The number of hydrogen-bond donors (Lipinski definition) is 1. The quantitative estimate of drug-likeness (QED) is 0.753. The van der Waals surface area contributed by atoms with Crippen LogP contribution in [0, 0.1) is 0 Å². The highest BCUT2D eigenvalue weighted by atomic mass is 16.5. The molecule has 0 spiro atoms. The van der Waals surface area contributed by atoms with Crippen molar-refractivity contribution in [3.63, 3.8) is 0 Å². The molecule has 0 unspecified atom stereocenters. The maximum Gasteiger partial charge on any atom is 0.224 e. The molecule has 0 saturated carbocycles. The third-order valence-corrected chi connectivity index (χ3v) is 2.29. The lowest BCUT2D eigenvalue weighted by Crippen LogP contribution is -2.18. The molecule has 0 bridgehead atoms. The number of benzene rings is 1. The number of nitrogens with one attached hydrogen (secondary N) is 1. The molecule has 1 aliphatic rings. The molecule has 0 saturated heterocycles. The van der Waals surface area contributed by atoms with E-state index in [0.717, 1.165) is 17.7 Å². The fourth-order valence-corrected chi connectivity index (χ4v) is 1.57. The number of anilines is 1. The van der Waals surface area contributed by atoms with Crippen LogP contribution in [0.3, 0.4) is 0 Å². The first-order valence-electron chi connectivity index (χ1n) is 4.79. The van der Waals surface area contributed by atoms with E-state index in [4.69, 9.17) is 4.74 Å². The molecular formula is C11H11NO3. The molecule has 1 amide bonds. The van der Waals surface area contributed by atoms with Crippen molar-refractivity contribution in [1.29, 1.82) is 0 Å². The highest BCUT2D eigenvalue weighted by Crippen LogP contribution is 2.26. The van der Waals surface area contributed by atoms with Gasteiger partial charge in [-0.15, -0.1) is 0 Å². The van der Waals surface area contributed by atoms with Crippen LogP contribution in [0.15, 0.2) is 18.2 Å². The monoisotopic (exact) mass is 205 g/mol. The van der Waals surface area contributed by atoms with Crippen LogP contribution < -0.4 is 10.1 Å². The number of aldehydes is 1. The van der Waals surface area contributed by atoms with E-state index >= 15 is 0 Å². The molecule has 1 aromatic rings. The van der Waals surface area contributed by atoms with Crippen molar-refractivity contribution in [3.8, 4) is 5.75 Å². The molecule has 1 aromatic carbocycles. The smallest absolute Gasteiger partial charge is 0.224 e. The van der Waals surface area contributed by atoms with Gasteiger partial charge in [-0.1, -0.05) is 6.07 Å². The maximum absolute atomic E-state index is 11.1. The molecule has 0 aliphatic carbocycles. The van der Waals surface area contributed by atoms with E-state index in [1.807, 2.05) is 6.07 Å². The van der Waals surface area contributed by atoms with Crippen LogP contribution >= 0.6 is 0 Å². The Bertz CT molecular complexity index is 401. The second kappa shape index (κ2) is 4.13. The average molecular weight is 205 g/mol. The largest absolute Gasteiger partial charge is 0.486 e. The summed E-state index contributed by atoms with van der Waals surface area (Å²) in [4.78, 5) is 21.3. The van der Waals surface area contributed by atoms with Crippen molar-refractivity contribution < 1.29 is 14.3 Å². The standard InChI is InChI=1S/C11H11NO3/c13-5-6-15-9-3-1-8-2-4-11(14)12-10(8)7-9/h1,3,5,7H,2,4,6H2,(H,12,14). The van der Waals surface area contributed by atoms with Gasteiger partial charge in [0.25, 0.3) is 0 Å². The first kappa shape index (κ1) is 9.71. The molecule has 0 fully saturated rings. The summed E-state index contributed by atoms with van der Waals surface area (Å²) < 4.78 is 5.14. The van der Waals surface area contributed by atoms with Crippen LogP contribution in [0.5, 0.6) is 5.75 Å². The Morgan fingerprint density at radius 2 is 2.27 bits per heavy atom. The molecule has 2 rings (SSSR count). The predicted octanol–water partition coefficient (Wildman–Crippen LogP) is 1.15. The summed E-state index contributed by atoms with van der Waals surface area (Å²) in [6.07, 6.45) is 1.98. The summed E-state index contributed by atoms with van der Waals surface area (Å²) in [6, 6.07) is 5.46. The van der Waals surface area contributed by atoms with Gasteiger partial charge >= 0.3 is 0 Å². The zero-order valence-electron chi connectivity index (χ0n) is 8.16. The molecule has 78 valence electrons. The lowest BCUT2D eigenvalue weighted by atomic mass is 10.0. The van der Waals surface area contributed by atoms with Gasteiger partial charge in [-0.25, -0.2) is 0 Å². The summed E-state index contributed by atoms with van der Waals surface area (Å²) >= 11 is 0. The fourth-order valence-electron chi connectivity index (χ4n) is 1.57. The van der Waals surface area contributed by atoms with Crippen LogP contribution in [0.25, 0.3) is 0 Å². The average Bonchev–Trinajstić information content (AvgIpc) is 2.25. The summed E-state index contributed by atoms with van der Waals surface area (Å²) in [5.41, 5.74) is 1.89. The van der Waals surface area contributed by atoms with Gasteiger partial charge < -0.3 is 10.1 Å². The van der Waals surface area contributed by atoms with Gasteiger partial charge in [0.05, 0.1) is 0 Å². The van der Waals surface area contributed by atoms with Gasteiger partial charge in [-0.05, 0) is 18.1 Å². The highest BCUT2D eigenvalue weighted by molar-refractivity contribution is 5.94. The van der Waals surface area contributed by atoms with E-state index in [1.54, 1.807) is 12.1 Å². The summed E-state index contributed by atoms with van der Waals surface area (Å²) in [5.74, 6) is 0.623. The van der Waals surface area contributed by atoms with Gasteiger partial charge in [0.1, 0.15) is 12.4 Å². The number of amides is 1. The first-order chi connectivity index (χ1) is 7.29. The van der Waals surface area contributed by atoms with E-state index in [1.165, 1.54) is 0 Å². The zero-order valence-corrected chi connectivity index (χ0v) is 8.16. The predicted molar refractivity (Wildman–Crippen MR) is 55.0 cm³/mol. The molecule has 1 heterocycles. The number of ether oxygens (including phenoxy) is 1. The number of rotatable bonds is 3. The Labute approximate surface area is 87.2 Å². The molecule has 0 atom stereocenters. The molecule has 15 heavy (non-hydrogen) atoms. The van der Waals surface area contributed by atoms with Crippen LogP contribution in [-0.2, 0) is 16.0 Å². The minimum absolute atomic E-state index is 0.0232. The van der Waals surface area contributed by atoms with E-state index in [0.29, 0.717) is 18.5 Å². The Morgan fingerprint density at radius 1 is 1.40 bits per heavy atom. The van der Waals surface area contributed by atoms with Crippen molar-refractivity contribution in [2.45, 2.75) is 12.8 Å². The van der Waals surface area contributed by atoms with Crippen LogP contribution in [-0.4, -0.2) is 18.8 Å². The minimum atomic E-state index is 0.0232. The topological polar surface area (TPSA) is 55.4 Å². The van der Waals surface area contributed by atoms with Crippen molar-refractivity contribution in [3.05, 3.63) is 23.8 Å². The first-order valence-corrected chi connectivity index (χ1v) is 4.79.